The first-order valence-corrected chi connectivity index (χ1v) is 4.76. The Morgan fingerprint density at radius 3 is 2.56 bits per heavy atom. The number of rotatable bonds is 1. The van der Waals surface area contributed by atoms with E-state index in [4.69, 9.17) is 5.73 Å². The molecule has 2 rings (SSSR count). The first kappa shape index (κ1) is 10.5. The highest BCUT2D eigenvalue weighted by Gasteiger charge is 2.11. The summed E-state index contributed by atoms with van der Waals surface area (Å²) in [5.41, 5.74) is 6.41. The van der Waals surface area contributed by atoms with E-state index >= 15 is 0 Å². The smallest absolute Gasteiger partial charge is 0.131 e. The van der Waals surface area contributed by atoms with Crippen molar-refractivity contribution in [1.29, 1.82) is 0 Å². The second-order valence-corrected chi connectivity index (χ2v) is 3.52. The maximum absolute atomic E-state index is 13.6. The molecule has 2 nitrogen and oxygen atoms in total. The van der Waals surface area contributed by atoms with Crippen molar-refractivity contribution in [2.45, 2.75) is 6.92 Å². The Kier molecular flexibility index (Phi) is 2.56. The summed E-state index contributed by atoms with van der Waals surface area (Å²) in [6.45, 7) is 1.51. The standard InChI is InChI=1S/C12H10F2N2/c1-7-5-11(14)9(6-10(7)13)8-3-2-4-16-12(8)15/h2-6H,1H3,(H2,15,16). The van der Waals surface area contributed by atoms with Gasteiger partial charge in [-0.2, -0.15) is 0 Å². The number of nitrogens with zero attached hydrogens (tertiary/aromatic N) is 1. The van der Waals surface area contributed by atoms with Crippen LogP contribution in [0.15, 0.2) is 30.5 Å². The van der Waals surface area contributed by atoms with Gasteiger partial charge in [-0.25, -0.2) is 13.8 Å². The topological polar surface area (TPSA) is 38.9 Å². The van der Waals surface area contributed by atoms with Crippen molar-refractivity contribution < 1.29 is 8.78 Å². The molecule has 0 aliphatic carbocycles. The molecule has 0 aliphatic heterocycles. The molecule has 0 spiro atoms. The lowest BCUT2D eigenvalue weighted by molar-refractivity contribution is 0.595. The summed E-state index contributed by atoms with van der Waals surface area (Å²) in [4.78, 5) is 3.84. The van der Waals surface area contributed by atoms with E-state index in [1.54, 1.807) is 12.1 Å². The van der Waals surface area contributed by atoms with Crippen molar-refractivity contribution in [3.05, 3.63) is 47.7 Å². The van der Waals surface area contributed by atoms with Crippen molar-refractivity contribution >= 4 is 5.82 Å². The number of nitrogens with two attached hydrogens (primary N) is 1. The van der Waals surface area contributed by atoms with Crippen molar-refractivity contribution in [3.63, 3.8) is 0 Å². The first-order chi connectivity index (χ1) is 7.59. The third kappa shape index (κ3) is 1.74. The maximum Gasteiger partial charge on any atom is 0.131 e. The highest BCUT2D eigenvalue weighted by atomic mass is 19.1. The number of pyridine rings is 1. The third-order valence-corrected chi connectivity index (χ3v) is 2.38. The Labute approximate surface area is 91.7 Å². The van der Waals surface area contributed by atoms with Crippen molar-refractivity contribution in [2.75, 3.05) is 5.73 Å². The van der Waals surface area contributed by atoms with Crippen molar-refractivity contribution in [3.8, 4) is 11.1 Å². The zero-order chi connectivity index (χ0) is 11.7. The van der Waals surface area contributed by atoms with E-state index in [1.165, 1.54) is 13.1 Å². The van der Waals surface area contributed by atoms with Gasteiger partial charge in [0.25, 0.3) is 0 Å². The monoisotopic (exact) mass is 220 g/mol. The second-order valence-electron chi connectivity index (χ2n) is 3.52. The van der Waals surface area contributed by atoms with Crippen LogP contribution in [0.1, 0.15) is 5.56 Å². The molecule has 0 fully saturated rings. The molecule has 0 unspecified atom stereocenters. The zero-order valence-electron chi connectivity index (χ0n) is 8.67. The van der Waals surface area contributed by atoms with Crippen LogP contribution in [0.2, 0.25) is 0 Å². The van der Waals surface area contributed by atoms with Gasteiger partial charge in [0.1, 0.15) is 17.5 Å². The molecule has 82 valence electrons. The maximum atomic E-state index is 13.6. The fraction of sp³-hybridized carbons (Fsp3) is 0.0833. The molecule has 1 aromatic carbocycles. The van der Waals surface area contributed by atoms with Gasteiger partial charge in [0, 0.05) is 17.3 Å². The summed E-state index contributed by atoms with van der Waals surface area (Å²) >= 11 is 0. The molecule has 4 heteroatoms. The van der Waals surface area contributed by atoms with Crippen LogP contribution in [0.25, 0.3) is 11.1 Å². The first-order valence-electron chi connectivity index (χ1n) is 4.76. The quantitative estimate of drug-likeness (QED) is 0.802. The minimum Gasteiger partial charge on any atom is -0.383 e. The molecule has 0 saturated heterocycles. The number of aryl methyl sites for hydroxylation is 1. The highest BCUT2D eigenvalue weighted by molar-refractivity contribution is 5.74. The number of aromatic nitrogens is 1. The summed E-state index contributed by atoms with van der Waals surface area (Å²) in [5.74, 6) is -0.775. The Bertz CT molecular complexity index is 539. The molecule has 2 N–H and O–H groups in total. The van der Waals surface area contributed by atoms with Crippen LogP contribution < -0.4 is 5.73 Å². The molecule has 0 bridgehead atoms. The number of hydrogen-bond donors (Lipinski definition) is 1. The summed E-state index contributed by atoms with van der Waals surface area (Å²) in [6.07, 6.45) is 1.50. The minimum absolute atomic E-state index is 0.133. The lowest BCUT2D eigenvalue weighted by atomic mass is 10.0. The Balaban J connectivity index is 2.65. The molecule has 1 aromatic heterocycles. The molecular weight excluding hydrogens is 210 g/mol. The zero-order valence-corrected chi connectivity index (χ0v) is 8.67. The van der Waals surface area contributed by atoms with Crippen molar-refractivity contribution in [1.82, 2.24) is 4.98 Å². The largest absolute Gasteiger partial charge is 0.383 e. The van der Waals surface area contributed by atoms with Crippen LogP contribution in [0.5, 0.6) is 0 Å². The SMILES string of the molecule is Cc1cc(F)c(-c2cccnc2N)cc1F. The fourth-order valence-corrected chi connectivity index (χ4v) is 1.50. The Hall–Kier alpha value is -1.97. The number of halogens is 2. The van der Waals surface area contributed by atoms with Crippen LogP contribution in [0.3, 0.4) is 0 Å². The summed E-state index contributed by atoms with van der Waals surface area (Å²) in [6, 6.07) is 5.52. The predicted octanol–water partition coefficient (Wildman–Crippen LogP) is 2.92. The van der Waals surface area contributed by atoms with Gasteiger partial charge in [-0.05, 0) is 36.8 Å². The Morgan fingerprint density at radius 2 is 1.88 bits per heavy atom. The number of anilines is 1. The highest BCUT2D eigenvalue weighted by Crippen LogP contribution is 2.28. The molecule has 0 radical (unpaired) electrons. The number of benzene rings is 1. The van der Waals surface area contributed by atoms with Gasteiger partial charge in [-0.3, -0.25) is 0 Å². The van der Waals surface area contributed by atoms with Crippen molar-refractivity contribution in [2.24, 2.45) is 0 Å². The molecule has 1 heterocycles. The van der Waals surface area contributed by atoms with E-state index < -0.39 is 11.6 Å². The number of hydrogen-bond acceptors (Lipinski definition) is 2. The predicted molar refractivity (Wildman–Crippen MR) is 58.7 cm³/mol. The van der Waals surface area contributed by atoms with Gasteiger partial charge in [0.2, 0.25) is 0 Å². The van der Waals surface area contributed by atoms with Gasteiger partial charge in [-0.15, -0.1) is 0 Å². The van der Waals surface area contributed by atoms with E-state index in [9.17, 15) is 8.78 Å². The van der Waals surface area contributed by atoms with E-state index in [2.05, 4.69) is 4.98 Å². The Morgan fingerprint density at radius 1 is 1.12 bits per heavy atom. The van der Waals surface area contributed by atoms with Crippen LogP contribution in [0.4, 0.5) is 14.6 Å². The average Bonchev–Trinajstić information content (AvgIpc) is 2.25. The van der Waals surface area contributed by atoms with Crippen LogP contribution >= 0.6 is 0 Å². The summed E-state index contributed by atoms with van der Waals surface area (Å²) in [7, 11) is 0. The molecule has 0 saturated carbocycles. The van der Waals surface area contributed by atoms with E-state index in [0.29, 0.717) is 5.56 Å². The lowest BCUT2D eigenvalue weighted by Gasteiger charge is -2.07. The second kappa shape index (κ2) is 3.89. The molecular formula is C12H10F2N2. The molecule has 0 aliphatic rings. The van der Waals surface area contributed by atoms with E-state index in [-0.39, 0.29) is 16.9 Å². The molecule has 16 heavy (non-hydrogen) atoms. The van der Waals surface area contributed by atoms with Gasteiger partial charge in [0.15, 0.2) is 0 Å². The van der Waals surface area contributed by atoms with Crippen LogP contribution in [-0.2, 0) is 0 Å². The summed E-state index contributed by atoms with van der Waals surface area (Å²) < 4.78 is 27.0. The third-order valence-electron chi connectivity index (χ3n) is 2.38. The van der Waals surface area contributed by atoms with Gasteiger partial charge >= 0.3 is 0 Å². The van der Waals surface area contributed by atoms with Gasteiger partial charge in [0.05, 0.1) is 0 Å². The summed E-state index contributed by atoms with van der Waals surface area (Å²) in [5, 5.41) is 0. The fourth-order valence-electron chi connectivity index (χ4n) is 1.50. The van der Waals surface area contributed by atoms with E-state index in [1.807, 2.05) is 0 Å². The average molecular weight is 220 g/mol. The van der Waals surface area contributed by atoms with Crippen LogP contribution in [0, 0.1) is 18.6 Å². The molecule has 0 amide bonds. The molecule has 0 atom stereocenters. The van der Waals surface area contributed by atoms with E-state index in [0.717, 1.165) is 12.1 Å². The number of nitrogen functional groups attached to an aromatic ring is 1. The minimum atomic E-state index is -0.501. The lowest BCUT2D eigenvalue weighted by Crippen LogP contribution is -1.96. The van der Waals surface area contributed by atoms with Gasteiger partial charge in [-0.1, -0.05) is 0 Å². The normalized spacial score (nSPS) is 10.4. The molecule has 2 aromatic rings. The van der Waals surface area contributed by atoms with Crippen LogP contribution in [-0.4, -0.2) is 4.98 Å². The van der Waals surface area contributed by atoms with Gasteiger partial charge < -0.3 is 5.73 Å².